The molecule has 6 heteroatoms. The molecule has 22 heavy (non-hydrogen) atoms. The van der Waals surface area contributed by atoms with Crippen LogP contribution >= 0.6 is 12.4 Å². The summed E-state index contributed by atoms with van der Waals surface area (Å²) in [6.45, 7) is 5.23. The third kappa shape index (κ3) is 5.39. The molecule has 1 rings (SSSR count). The summed E-state index contributed by atoms with van der Waals surface area (Å²) in [7, 11) is 1.62. The van der Waals surface area contributed by atoms with Crippen molar-refractivity contribution < 1.29 is 14.3 Å². The lowest BCUT2D eigenvalue weighted by Gasteiger charge is -2.28. The predicted octanol–water partition coefficient (Wildman–Crippen LogP) is 2.38. The van der Waals surface area contributed by atoms with Crippen LogP contribution in [0.3, 0.4) is 0 Å². The second-order valence-electron chi connectivity index (χ2n) is 4.97. The smallest absolute Gasteiger partial charge is 0.227 e. The summed E-state index contributed by atoms with van der Waals surface area (Å²) in [6.07, 6.45) is 1.48. The molecule has 3 N–H and O–H groups in total. The molecule has 0 unspecified atom stereocenters. The quantitative estimate of drug-likeness (QED) is 0.682. The fourth-order valence-electron chi connectivity index (χ4n) is 2.15. The molecular weight excluding hydrogens is 304 g/mol. The summed E-state index contributed by atoms with van der Waals surface area (Å²) in [5.41, 5.74) is 5.29. The van der Waals surface area contributed by atoms with Gasteiger partial charge in [-0.05, 0) is 37.1 Å². The first-order valence-electron chi connectivity index (χ1n) is 7.37. The zero-order valence-electron chi connectivity index (χ0n) is 13.6. The van der Waals surface area contributed by atoms with E-state index in [2.05, 4.69) is 5.32 Å². The molecule has 1 amide bonds. The van der Waals surface area contributed by atoms with Gasteiger partial charge in [-0.25, -0.2) is 0 Å². The highest BCUT2D eigenvalue weighted by Gasteiger charge is 2.32. The van der Waals surface area contributed by atoms with Crippen molar-refractivity contribution >= 4 is 18.3 Å². The lowest BCUT2D eigenvalue weighted by molar-refractivity contribution is -0.131. The maximum Gasteiger partial charge on any atom is 0.227 e. The van der Waals surface area contributed by atoms with Crippen molar-refractivity contribution in [3.8, 4) is 11.5 Å². The Hall–Kier alpha value is -1.46. The Kier molecular flexibility index (Phi) is 9.61. The molecule has 0 radical (unpaired) electrons. The number of benzene rings is 1. The first-order valence-corrected chi connectivity index (χ1v) is 7.37. The van der Waals surface area contributed by atoms with Gasteiger partial charge in [0.2, 0.25) is 5.91 Å². The maximum absolute atomic E-state index is 12.2. The van der Waals surface area contributed by atoms with E-state index < -0.39 is 5.41 Å². The van der Waals surface area contributed by atoms with Crippen LogP contribution in [0.15, 0.2) is 24.3 Å². The largest absolute Gasteiger partial charge is 0.497 e. The number of amides is 1. The molecule has 0 saturated carbocycles. The topological polar surface area (TPSA) is 73.6 Å². The van der Waals surface area contributed by atoms with Crippen molar-refractivity contribution in [3.63, 3.8) is 0 Å². The fraction of sp³-hybridized carbons (Fsp3) is 0.562. The van der Waals surface area contributed by atoms with E-state index in [1.807, 2.05) is 38.1 Å². The van der Waals surface area contributed by atoms with Crippen LogP contribution in [0.4, 0.5) is 0 Å². The number of nitrogens with one attached hydrogen (secondary N) is 1. The van der Waals surface area contributed by atoms with Gasteiger partial charge >= 0.3 is 0 Å². The molecule has 0 spiro atoms. The monoisotopic (exact) mass is 330 g/mol. The number of carbonyl (C=O) groups excluding carboxylic acids is 1. The lowest BCUT2D eigenvalue weighted by atomic mass is 9.81. The molecule has 5 nitrogen and oxygen atoms in total. The second kappa shape index (κ2) is 10.3. The lowest BCUT2D eigenvalue weighted by Crippen LogP contribution is -2.46. The number of nitrogens with two attached hydrogens (primary N) is 1. The van der Waals surface area contributed by atoms with Crippen LogP contribution in [0.2, 0.25) is 0 Å². The molecule has 0 aliphatic carbocycles. The van der Waals surface area contributed by atoms with Gasteiger partial charge in [-0.1, -0.05) is 13.8 Å². The number of ether oxygens (including phenoxy) is 2. The molecule has 1 aromatic rings. The molecule has 0 atom stereocenters. The average molecular weight is 331 g/mol. The molecule has 0 aromatic heterocycles. The number of rotatable bonds is 9. The zero-order valence-corrected chi connectivity index (χ0v) is 14.4. The number of halogens is 1. The van der Waals surface area contributed by atoms with Crippen molar-refractivity contribution in [2.24, 2.45) is 11.1 Å². The van der Waals surface area contributed by atoms with E-state index in [4.69, 9.17) is 15.2 Å². The molecule has 0 bridgehead atoms. The third-order valence-electron chi connectivity index (χ3n) is 3.94. The third-order valence-corrected chi connectivity index (χ3v) is 3.94. The Labute approximate surface area is 139 Å². The summed E-state index contributed by atoms with van der Waals surface area (Å²) in [6, 6.07) is 7.34. The van der Waals surface area contributed by atoms with Gasteiger partial charge in [0, 0.05) is 6.54 Å². The molecule has 0 heterocycles. The Morgan fingerprint density at radius 1 is 1.18 bits per heavy atom. The molecule has 126 valence electrons. The van der Waals surface area contributed by atoms with Gasteiger partial charge in [-0.3, -0.25) is 4.79 Å². The minimum absolute atomic E-state index is 0. The summed E-state index contributed by atoms with van der Waals surface area (Å²) in [5, 5.41) is 2.90. The second-order valence-corrected chi connectivity index (χ2v) is 4.97. The molecular formula is C16H27ClN2O3. The highest BCUT2D eigenvalue weighted by molar-refractivity contribution is 5.85. The standard InChI is InChI=1S/C16H26N2O3.ClH/c1-4-16(5-2,12-17)15(19)18-10-11-21-14-8-6-13(20-3)7-9-14;/h6-9H,4-5,10-12,17H2,1-3H3,(H,18,19);1H. The van der Waals surface area contributed by atoms with Gasteiger partial charge < -0.3 is 20.5 Å². The molecule has 0 aliphatic heterocycles. The van der Waals surface area contributed by atoms with E-state index in [0.717, 1.165) is 24.3 Å². The first kappa shape index (κ1) is 20.5. The molecule has 0 aliphatic rings. The highest BCUT2D eigenvalue weighted by Crippen LogP contribution is 2.24. The normalized spacial score (nSPS) is 10.5. The predicted molar refractivity (Wildman–Crippen MR) is 90.8 cm³/mol. The van der Waals surface area contributed by atoms with Crippen molar-refractivity contribution in [1.82, 2.24) is 5.32 Å². The Bertz CT molecular complexity index is 425. The van der Waals surface area contributed by atoms with Crippen LogP contribution in [-0.2, 0) is 4.79 Å². The highest BCUT2D eigenvalue weighted by atomic mass is 35.5. The van der Waals surface area contributed by atoms with Gasteiger partial charge in [0.1, 0.15) is 18.1 Å². The first-order chi connectivity index (χ1) is 10.1. The molecule has 0 fully saturated rings. The number of carbonyl (C=O) groups is 1. The minimum atomic E-state index is -0.458. The van der Waals surface area contributed by atoms with Crippen LogP contribution < -0.4 is 20.5 Å². The van der Waals surface area contributed by atoms with Gasteiger partial charge in [-0.15, -0.1) is 12.4 Å². The van der Waals surface area contributed by atoms with E-state index in [1.165, 1.54) is 0 Å². The SMILES string of the molecule is CCC(CC)(CN)C(=O)NCCOc1ccc(OC)cc1.Cl. The number of hydrogen-bond acceptors (Lipinski definition) is 4. The minimum Gasteiger partial charge on any atom is -0.497 e. The average Bonchev–Trinajstić information content (AvgIpc) is 2.54. The van der Waals surface area contributed by atoms with Crippen LogP contribution in [0.5, 0.6) is 11.5 Å². The number of methoxy groups -OCH3 is 1. The van der Waals surface area contributed by atoms with Gasteiger partial charge in [-0.2, -0.15) is 0 Å². The summed E-state index contributed by atoms with van der Waals surface area (Å²) >= 11 is 0. The van der Waals surface area contributed by atoms with E-state index in [1.54, 1.807) is 7.11 Å². The van der Waals surface area contributed by atoms with Crippen molar-refractivity contribution in [3.05, 3.63) is 24.3 Å². The Morgan fingerprint density at radius 3 is 2.18 bits per heavy atom. The van der Waals surface area contributed by atoms with E-state index in [0.29, 0.717) is 19.7 Å². The maximum atomic E-state index is 12.2. The van der Waals surface area contributed by atoms with Crippen LogP contribution in [0, 0.1) is 5.41 Å². The zero-order chi connectivity index (χ0) is 15.7. The van der Waals surface area contributed by atoms with Crippen LogP contribution in [0.25, 0.3) is 0 Å². The van der Waals surface area contributed by atoms with Crippen molar-refractivity contribution in [2.45, 2.75) is 26.7 Å². The Balaban J connectivity index is 0.00000441. The van der Waals surface area contributed by atoms with Gasteiger partial charge in [0.15, 0.2) is 0 Å². The van der Waals surface area contributed by atoms with Crippen LogP contribution in [-0.4, -0.2) is 32.7 Å². The summed E-state index contributed by atoms with van der Waals surface area (Å²) in [5.74, 6) is 1.55. The van der Waals surface area contributed by atoms with Gasteiger partial charge in [0.25, 0.3) is 0 Å². The fourth-order valence-corrected chi connectivity index (χ4v) is 2.15. The Morgan fingerprint density at radius 2 is 1.73 bits per heavy atom. The van der Waals surface area contributed by atoms with Crippen LogP contribution in [0.1, 0.15) is 26.7 Å². The van der Waals surface area contributed by atoms with E-state index in [-0.39, 0.29) is 18.3 Å². The molecule has 1 aromatic carbocycles. The van der Waals surface area contributed by atoms with Gasteiger partial charge in [0.05, 0.1) is 19.1 Å². The molecule has 0 saturated heterocycles. The van der Waals surface area contributed by atoms with E-state index in [9.17, 15) is 4.79 Å². The van der Waals surface area contributed by atoms with E-state index >= 15 is 0 Å². The van der Waals surface area contributed by atoms with Crippen molar-refractivity contribution in [1.29, 1.82) is 0 Å². The summed E-state index contributed by atoms with van der Waals surface area (Å²) in [4.78, 5) is 12.2. The summed E-state index contributed by atoms with van der Waals surface area (Å²) < 4.78 is 10.6. The van der Waals surface area contributed by atoms with Crippen molar-refractivity contribution in [2.75, 3.05) is 26.8 Å². The number of hydrogen-bond donors (Lipinski definition) is 2.